The summed E-state index contributed by atoms with van der Waals surface area (Å²) in [6, 6.07) is 5.06. The van der Waals surface area contributed by atoms with Gasteiger partial charge < -0.3 is 19.7 Å². The molecule has 1 heterocycles. The Bertz CT molecular complexity index is 815. The number of hydrogen-bond donors (Lipinski definition) is 2. The molecule has 2 rings (SSSR count). The number of carboxylic acid groups (broad SMARTS) is 1. The number of nitrogens with zero attached hydrogens (tertiary/aromatic N) is 1. The lowest BCUT2D eigenvalue weighted by molar-refractivity contribution is -0.116. The van der Waals surface area contributed by atoms with E-state index in [0.717, 1.165) is 34.7 Å². The van der Waals surface area contributed by atoms with Crippen molar-refractivity contribution in [1.82, 2.24) is 4.90 Å². The van der Waals surface area contributed by atoms with Crippen molar-refractivity contribution in [2.75, 3.05) is 18.9 Å². The molecule has 0 radical (unpaired) electrons. The Labute approximate surface area is 145 Å². The number of likely N-dealkylation sites (N-methyl/N-ethyl adjacent to an activating group) is 1. The number of anilines is 1. The summed E-state index contributed by atoms with van der Waals surface area (Å²) in [6.45, 7) is 5.60. The predicted octanol–water partition coefficient (Wildman–Crippen LogP) is 2.61. The SMILES string of the molecule is Cc1cc(C)c(NC(=O)CN(C)C(=O)c2cc(C(=O)O)co2)c(C)c1. The molecule has 1 aromatic heterocycles. The first-order valence-electron chi connectivity index (χ1n) is 7.64. The van der Waals surface area contributed by atoms with Crippen molar-refractivity contribution >= 4 is 23.5 Å². The van der Waals surface area contributed by atoms with Crippen LogP contribution >= 0.6 is 0 Å². The maximum absolute atomic E-state index is 12.2. The lowest BCUT2D eigenvalue weighted by Crippen LogP contribution is -2.35. The number of hydrogen-bond acceptors (Lipinski definition) is 4. The van der Waals surface area contributed by atoms with Crippen LogP contribution in [0.3, 0.4) is 0 Å². The number of amides is 2. The first kappa shape index (κ1) is 18.3. The summed E-state index contributed by atoms with van der Waals surface area (Å²) < 4.78 is 4.96. The van der Waals surface area contributed by atoms with Crippen LogP contribution in [0.1, 0.15) is 37.6 Å². The van der Waals surface area contributed by atoms with Gasteiger partial charge in [0, 0.05) is 18.8 Å². The standard InChI is InChI=1S/C18H20N2O5/c1-10-5-11(2)16(12(3)6-10)19-15(21)8-20(4)17(22)14-7-13(9-25-14)18(23)24/h5-7,9H,8H2,1-4H3,(H,19,21)(H,23,24). The smallest absolute Gasteiger partial charge is 0.338 e. The monoisotopic (exact) mass is 344 g/mol. The molecule has 2 N–H and O–H groups in total. The number of aromatic carboxylic acids is 1. The van der Waals surface area contributed by atoms with E-state index in [1.807, 2.05) is 32.9 Å². The van der Waals surface area contributed by atoms with Crippen molar-refractivity contribution in [3.63, 3.8) is 0 Å². The molecule has 7 heteroatoms. The second-order valence-electron chi connectivity index (χ2n) is 5.99. The highest BCUT2D eigenvalue weighted by Crippen LogP contribution is 2.21. The lowest BCUT2D eigenvalue weighted by atomic mass is 10.1. The van der Waals surface area contributed by atoms with Gasteiger partial charge in [-0.15, -0.1) is 0 Å². The van der Waals surface area contributed by atoms with E-state index < -0.39 is 11.9 Å². The minimum Gasteiger partial charge on any atom is -0.478 e. The van der Waals surface area contributed by atoms with Crippen LogP contribution in [0, 0.1) is 20.8 Å². The maximum atomic E-state index is 12.2. The highest BCUT2D eigenvalue weighted by molar-refractivity contribution is 5.99. The van der Waals surface area contributed by atoms with Crippen molar-refractivity contribution < 1.29 is 23.9 Å². The van der Waals surface area contributed by atoms with Gasteiger partial charge in [0.1, 0.15) is 6.26 Å². The summed E-state index contributed by atoms with van der Waals surface area (Å²) >= 11 is 0. The first-order chi connectivity index (χ1) is 11.7. The second-order valence-corrected chi connectivity index (χ2v) is 5.99. The van der Waals surface area contributed by atoms with Crippen molar-refractivity contribution in [1.29, 1.82) is 0 Å². The number of carbonyl (C=O) groups is 3. The van der Waals surface area contributed by atoms with Gasteiger partial charge in [-0.05, 0) is 31.9 Å². The van der Waals surface area contributed by atoms with Crippen LogP contribution in [0.5, 0.6) is 0 Å². The summed E-state index contributed by atoms with van der Waals surface area (Å²) in [5.74, 6) is -2.24. The molecular weight excluding hydrogens is 324 g/mol. The fourth-order valence-electron chi connectivity index (χ4n) is 2.59. The zero-order chi connectivity index (χ0) is 18.7. The van der Waals surface area contributed by atoms with E-state index in [-0.39, 0.29) is 23.8 Å². The van der Waals surface area contributed by atoms with Gasteiger partial charge in [0.2, 0.25) is 5.91 Å². The van der Waals surface area contributed by atoms with E-state index in [1.54, 1.807) is 0 Å². The topological polar surface area (TPSA) is 99.9 Å². The van der Waals surface area contributed by atoms with Crippen molar-refractivity contribution in [3.8, 4) is 0 Å². The normalized spacial score (nSPS) is 10.4. The van der Waals surface area contributed by atoms with E-state index in [0.29, 0.717) is 0 Å². The molecule has 2 amide bonds. The zero-order valence-corrected chi connectivity index (χ0v) is 14.5. The second kappa shape index (κ2) is 7.21. The van der Waals surface area contributed by atoms with Gasteiger partial charge in [-0.1, -0.05) is 17.7 Å². The van der Waals surface area contributed by atoms with Crippen molar-refractivity contribution in [2.24, 2.45) is 0 Å². The molecule has 0 atom stereocenters. The maximum Gasteiger partial charge on any atom is 0.338 e. The van der Waals surface area contributed by atoms with Crippen LogP contribution in [0.15, 0.2) is 28.9 Å². The fraction of sp³-hybridized carbons (Fsp3) is 0.278. The Balaban J connectivity index is 2.04. The van der Waals surface area contributed by atoms with Gasteiger partial charge in [0.15, 0.2) is 5.76 Å². The fourth-order valence-corrected chi connectivity index (χ4v) is 2.59. The number of rotatable bonds is 5. The Morgan fingerprint density at radius 1 is 1.12 bits per heavy atom. The highest BCUT2D eigenvalue weighted by Gasteiger charge is 2.20. The zero-order valence-electron chi connectivity index (χ0n) is 14.5. The first-order valence-corrected chi connectivity index (χ1v) is 7.64. The summed E-state index contributed by atoms with van der Waals surface area (Å²) in [6.07, 6.45) is 0.989. The number of nitrogens with one attached hydrogen (secondary N) is 1. The minimum absolute atomic E-state index is 0.118. The Hall–Kier alpha value is -3.09. The average molecular weight is 344 g/mol. The highest BCUT2D eigenvalue weighted by atomic mass is 16.4. The summed E-state index contributed by atoms with van der Waals surface area (Å²) in [5, 5.41) is 11.7. The van der Waals surface area contributed by atoms with Gasteiger partial charge in [0.25, 0.3) is 5.91 Å². The van der Waals surface area contributed by atoms with Gasteiger partial charge in [0.05, 0.1) is 12.1 Å². The Morgan fingerprint density at radius 3 is 2.24 bits per heavy atom. The molecule has 0 bridgehead atoms. The number of aryl methyl sites for hydroxylation is 3. The largest absolute Gasteiger partial charge is 0.478 e. The number of carboxylic acids is 1. The molecule has 1 aromatic carbocycles. The van der Waals surface area contributed by atoms with Gasteiger partial charge in [-0.25, -0.2) is 4.79 Å². The summed E-state index contributed by atoms with van der Waals surface area (Å²) in [7, 11) is 1.44. The Kier molecular flexibility index (Phi) is 5.26. The molecule has 0 aliphatic carbocycles. The third-order valence-corrected chi connectivity index (χ3v) is 3.73. The van der Waals surface area contributed by atoms with Crippen LogP contribution < -0.4 is 5.32 Å². The number of carbonyl (C=O) groups excluding carboxylic acids is 2. The van der Waals surface area contributed by atoms with Crippen molar-refractivity contribution in [2.45, 2.75) is 20.8 Å². The summed E-state index contributed by atoms with van der Waals surface area (Å²) in [4.78, 5) is 36.4. The minimum atomic E-state index is -1.19. The molecule has 0 aliphatic rings. The van der Waals surface area contributed by atoms with Crippen LogP contribution in [0.4, 0.5) is 5.69 Å². The summed E-state index contributed by atoms with van der Waals surface area (Å²) in [5.41, 5.74) is 3.59. The average Bonchev–Trinajstić information content (AvgIpc) is 3.00. The predicted molar refractivity (Wildman–Crippen MR) is 91.9 cm³/mol. The van der Waals surface area contributed by atoms with Gasteiger partial charge in [-0.2, -0.15) is 0 Å². The van der Waals surface area contributed by atoms with E-state index in [9.17, 15) is 14.4 Å². The van der Waals surface area contributed by atoms with Crippen LogP contribution in [0.2, 0.25) is 0 Å². The molecule has 0 spiro atoms. The van der Waals surface area contributed by atoms with Crippen molar-refractivity contribution in [3.05, 3.63) is 52.5 Å². The van der Waals surface area contributed by atoms with E-state index in [4.69, 9.17) is 9.52 Å². The quantitative estimate of drug-likeness (QED) is 0.868. The van der Waals surface area contributed by atoms with Gasteiger partial charge in [-0.3, -0.25) is 9.59 Å². The molecular formula is C18H20N2O5. The van der Waals surface area contributed by atoms with Crippen LogP contribution in [0.25, 0.3) is 0 Å². The van der Waals surface area contributed by atoms with Gasteiger partial charge >= 0.3 is 5.97 Å². The molecule has 0 unspecified atom stereocenters. The van der Waals surface area contributed by atoms with E-state index >= 15 is 0 Å². The van der Waals surface area contributed by atoms with E-state index in [1.165, 1.54) is 11.9 Å². The molecule has 0 fully saturated rings. The van der Waals surface area contributed by atoms with Crippen LogP contribution in [-0.2, 0) is 4.79 Å². The number of furan rings is 1. The molecule has 0 saturated carbocycles. The third kappa shape index (κ3) is 4.26. The molecule has 2 aromatic rings. The Morgan fingerprint density at radius 2 is 1.72 bits per heavy atom. The molecule has 0 saturated heterocycles. The van der Waals surface area contributed by atoms with Crippen LogP contribution in [-0.4, -0.2) is 41.4 Å². The lowest BCUT2D eigenvalue weighted by Gasteiger charge is -2.17. The molecule has 132 valence electrons. The van der Waals surface area contributed by atoms with E-state index in [2.05, 4.69) is 5.32 Å². The third-order valence-electron chi connectivity index (χ3n) is 3.73. The number of benzene rings is 1. The molecule has 25 heavy (non-hydrogen) atoms. The molecule has 7 nitrogen and oxygen atoms in total. The molecule has 0 aliphatic heterocycles.